The molecule has 27 heavy (non-hydrogen) atoms. The van der Waals surface area contributed by atoms with Gasteiger partial charge in [0.25, 0.3) is 0 Å². The summed E-state index contributed by atoms with van der Waals surface area (Å²) in [6.07, 6.45) is 1.55. The molecule has 2 atom stereocenters. The number of amides is 2. The first-order valence-corrected chi connectivity index (χ1v) is 9.53. The van der Waals surface area contributed by atoms with Crippen LogP contribution in [0.15, 0.2) is 18.2 Å². The summed E-state index contributed by atoms with van der Waals surface area (Å²) < 4.78 is 11.3. The SMILES string of the molecule is CCC1(CC)c2cc(C(N)=O)ccc2C[C@@H](OC)[C@@H]1NC(=O)OC(C)(C)C. The molecule has 2 amide bonds. The van der Waals surface area contributed by atoms with Crippen molar-refractivity contribution in [1.82, 2.24) is 5.32 Å². The van der Waals surface area contributed by atoms with Crippen molar-refractivity contribution in [2.24, 2.45) is 5.73 Å². The van der Waals surface area contributed by atoms with Gasteiger partial charge in [-0.1, -0.05) is 19.9 Å². The second kappa shape index (κ2) is 7.89. The highest BCUT2D eigenvalue weighted by Crippen LogP contribution is 2.44. The molecule has 0 aliphatic heterocycles. The van der Waals surface area contributed by atoms with E-state index in [2.05, 4.69) is 19.2 Å². The van der Waals surface area contributed by atoms with Crippen LogP contribution in [0.25, 0.3) is 0 Å². The van der Waals surface area contributed by atoms with Crippen LogP contribution < -0.4 is 11.1 Å². The quantitative estimate of drug-likeness (QED) is 0.825. The number of hydrogen-bond donors (Lipinski definition) is 2. The van der Waals surface area contributed by atoms with Crippen LogP contribution in [0.5, 0.6) is 0 Å². The number of rotatable bonds is 5. The van der Waals surface area contributed by atoms with Gasteiger partial charge in [0.1, 0.15) is 5.60 Å². The smallest absolute Gasteiger partial charge is 0.407 e. The molecule has 0 fully saturated rings. The third kappa shape index (κ3) is 4.26. The summed E-state index contributed by atoms with van der Waals surface area (Å²) in [5.74, 6) is -0.454. The highest BCUT2D eigenvalue weighted by Gasteiger charge is 2.48. The fourth-order valence-corrected chi connectivity index (χ4v) is 4.18. The van der Waals surface area contributed by atoms with E-state index in [1.807, 2.05) is 32.9 Å². The summed E-state index contributed by atoms with van der Waals surface area (Å²) in [6, 6.07) is 5.31. The largest absolute Gasteiger partial charge is 0.444 e. The molecule has 1 aromatic carbocycles. The van der Waals surface area contributed by atoms with Crippen molar-refractivity contribution in [2.45, 2.75) is 77.0 Å². The van der Waals surface area contributed by atoms with Crippen molar-refractivity contribution in [3.63, 3.8) is 0 Å². The van der Waals surface area contributed by atoms with Crippen LogP contribution in [0.2, 0.25) is 0 Å². The monoisotopic (exact) mass is 376 g/mol. The number of alkyl carbamates (subject to hydrolysis) is 1. The highest BCUT2D eigenvalue weighted by molar-refractivity contribution is 5.93. The van der Waals surface area contributed by atoms with Gasteiger partial charge in [0.05, 0.1) is 12.1 Å². The van der Waals surface area contributed by atoms with Crippen molar-refractivity contribution in [2.75, 3.05) is 7.11 Å². The predicted octanol–water partition coefficient (Wildman–Crippen LogP) is 3.31. The molecular weight excluding hydrogens is 344 g/mol. The summed E-state index contributed by atoms with van der Waals surface area (Å²) in [5.41, 5.74) is 7.20. The number of benzene rings is 1. The molecule has 0 saturated heterocycles. The lowest BCUT2D eigenvalue weighted by molar-refractivity contribution is 0.00828. The number of methoxy groups -OCH3 is 1. The van der Waals surface area contributed by atoms with Crippen LogP contribution in [0, 0.1) is 0 Å². The molecule has 0 unspecified atom stereocenters. The molecule has 0 spiro atoms. The van der Waals surface area contributed by atoms with Crippen molar-refractivity contribution in [1.29, 1.82) is 0 Å². The molecule has 6 nitrogen and oxygen atoms in total. The summed E-state index contributed by atoms with van der Waals surface area (Å²) in [4.78, 5) is 24.3. The Bertz CT molecular complexity index is 705. The first-order valence-electron chi connectivity index (χ1n) is 9.53. The first-order chi connectivity index (χ1) is 12.6. The Kier molecular flexibility index (Phi) is 6.20. The molecule has 0 aromatic heterocycles. The number of carbonyl (C=O) groups is 2. The van der Waals surface area contributed by atoms with Gasteiger partial charge < -0.3 is 20.5 Å². The lowest BCUT2D eigenvalue weighted by atomic mass is 9.62. The minimum atomic E-state index is -0.584. The van der Waals surface area contributed by atoms with Gasteiger partial charge in [-0.15, -0.1) is 0 Å². The van der Waals surface area contributed by atoms with Crippen molar-refractivity contribution in [3.05, 3.63) is 34.9 Å². The average molecular weight is 376 g/mol. The Hall–Kier alpha value is -2.08. The Morgan fingerprint density at radius 2 is 1.89 bits per heavy atom. The molecule has 6 heteroatoms. The van der Waals surface area contributed by atoms with Gasteiger partial charge in [-0.25, -0.2) is 4.79 Å². The normalized spacial score (nSPS) is 21.3. The van der Waals surface area contributed by atoms with Gasteiger partial charge >= 0.3 is 6.09 Å². The number of nitrogens with one attached hydrogen (secondary N) is 1. The Morgan fingerprint density at radius 3 is 2.37 bits per heavy atom. The molecular formula is C21H32N2O4. The molecule has 1 aliphatic carbocycles. The van der Waals surface area contributed by atoms with Crippen molar-refractivity contribution in [3.8, 4) is 0 Å². The average Bonchev–Trinajstić information content (AvgIpc) is 2.59. The third-order valence-corrected chi connectivity index (χ3v) is 5.56. The summed E-state index contributed by atoms with van der Waals surface area (Å²) >= 11 is 0. The molecule has 2 rings (SSSR count). The number of primary amides is 1. The fraction of sp³-hybridized carbons (Fsp3) is 0.619. The predicted molar refractivity (Wildman–Crippen MR) is 105 cm³/mol. The first kappa shape index (κ1) is 21.2. The van der Waals surface area contributed by atoms with E-state index in [0.29, 0.717) is 12.0 Å². The zero-order valence-corrected chi connectivity index (χ0v) is 17.2. The number of hydrogen-bond acceptors (Lipinski definition) is 4. The van der Waals surface area contributed by atoms with E-state index < -0.39 is 17.6 Å². The van der Waals surface area contributed by atoms with E-state index in [0.717, 1.165) is 24.0 Å². The van der Waals surface area contributed by atoms with E-state index in [-0.39, 0.29) is 17.6 Å². The second-order valence-electron chi connectivity index (χ2n) is 8.20. The fourth-order valence-electron chi connectivity index (χ4n) is 4.18. The van der Waals surface area contributed by atoms with Gasteiger partial charge in [-0.05, 0) is 56.9 Å². The molecule has 1 aliphatic rings. The van der Waals surface area contributed by atoms with Crippen LogP contribution in [-0.4, -0.2) is 36.9 Å². The molecule has 0 heterocycles. The standard InChI is InChI=1S/C21H32N2O4/c1-7-21(8-2)15-11-14(18(22)24)10-9-13(15)12-16(26-6)17(21)23-19(25)27-20(3,4)5/h9-11,16-17H,7-8,12H2,1-6H3,(H2,22,24)(H,23,25)/t16-,17+/m1/s1. The molecule has 3 N–H and O–H groups in total. The second-order valence-corrected chi connectivity index (χ2v) is 8.20. The maximum absolute atomic E-state index is 12.5. The Labute approximate surface area is 161 Å². The van der Waals surface area contributed by atoms with Gasteiger partial charge in [-0.2, -0.15) is 0 Å². The number of ether oxygens (including phenoxy) is 2. The maximum Gasteiger partial charge on any atom is 0.407 e. The maximum atomic E-state index is 12.5. The van der Waals surface area contributed by atoms with Crippen molar-refractivity contribution < 1.29 is 19.1 Å². The minimum absolute atomic E-state index is 0.190. The van der Waals surface area contributed by atoms with Crippen LogP contribution in [0.3, 0.4) is 0 Å². The van der Waals surface area contributed by atoms with Crippen LogP contribution >= 0.6 is 0 Å². The van der Waals surface area contributed by atoms with Gasteiger partial charge in [0, 0.05) is 24.5 Å². The van der Waals surface area contributed by atoms with E-state index in [1.165, 1.54) is 0 Å². The summed E-state index contributed by atoms with van der Waals surface area (Å²) in [5, 5.41) is 3.06. The lowest BCUT2D eigenvalue weighted by Crippen LogP contribution is -2.60. The molecule has 1 aromatic rings. The third-order valence-electron chi connectivity index (χ3n) is 5.56. The number of fused-ring (bicyclic) bond motifs is 1. The molecule has 150 valence electrons. The van der Waals surface area contributed by atoms with E-state index in [9.17, 15) is 9.59 Å². The lowest BCUT2D eigenvalue weighted by Gasteiger charge is -2.48. The van der Waals surface area contributed by atoms with Crippen LogP contribution in [-0.2, 0) is 21.3 Å². The minimum Gasteiger partial charge on any atom is -0.444 e. The summed E-state index contributed by atoms with van der Waals surface area (Å²) in [6.45, 7) is 9.69. The van der Waals surface area contributed by atoms with Gasteiger partial charge in [-0.3, -0.25) is 4.79 Å². The van der Waals surface area contributed by atoms with Gasteiger partial charge in [0.15, 0.2) is 0 Å². The van der Waals surface area contributed by atoms with Crippen LogP contribution in [0.4, 0.5) is 4.79 Å². The topological polar surface area (TPSA) is 90.7 Å². The van der Waals surface area contributed by atoms with Crippen molar-refractivity contribution >= 4 is 12.0 Å². The zero-order chi connectivity index (χ0) is 20.4. The van der Waals surface area contributed by atoms with Crippen LogP contribution in [0.1, 0.15) is 68.9 Å². The Balaban J connectivity index is 2.52. The molecule has 0 radical (unpaired) electrons. The highest BCUT2D eigenvalue weighted by atomic mass is 16.6. The van der Waals surface area contributed by atoms with E-state index in [1.54, 1.807) is 13.2 Å². The Morgan fingerprint density at radius 1 is 1.26 bits per heavy atom. The van der Waals surface area contributed by atoms with Gasteiger partial charge in [0.2, 0.25) is 5.91 Å². The molecule has 0 bridgehead atoms. The van der Waals surface area contributed by atoms with E-state index in [4.69, 9.17) is 15.2 Å². The zero-order valence-electron chi connectivity index (χ0n) is 17.2. The van der Waals surface area contributed by atoms with E-state index >= 15 is 0 Å². The number of nitrogens with two attached hydrogens (primary N) is 1. The summed E-state index contributed by atoms with van der Waals surface area (Å²) in [7, 11) is 1.66. The number of carbonyl (C=O) groups excluding carboxylic acids is 2. The molecule has 0 saturated carbocycles.